The highest BCUT2D eigenvalue weighted by Gasteiger charge is 2.36. The number of rotatable bonds is 4. The fourth-order valence-electron chi connectivity index (χ4n) is 2.53. The van der Waals surface area contributed by atoms with Crippen LogP contribution >= 0.6 is 0 Å². The first-order chi connectivity index (χ1) is 10.7. The Morgan fingerprint density at radius 2 is 2.04 bits per heavy atom. The van der Waals surface area contributed by atoms with E-state index in [9.17, 15) is 9.90 Å². The van der Waals surface area contributed by atoms with Gasteiger partial charge in [0.1, 0.15) is 5.60 Å². The van der Waals surface area contributed by atoms with Crippen LogP contribution in [0, 0.1) is 0 Å². The van der Waals surface area contributed by atoms with Crippen molar-refractivity contribution in [3.05, 3.63) is 0 Å². The van der Waals surface area contributed by atoms with E-state index in [1.165, 1.54) is 0 Å². The lowest BCUT2D eigenvalue weighted by Crippen LogP contribution is -2.63. The minimum absolute atomic E-state index is 0.163. The standard InChI is InChI=1S/C16H30N4O3/c1-5-17-13(18-11-16(22)7-6-8-16)19-12-9-20(10-12)14(21)23-15(2,3)4/h12,22H,5-11H2,1-4H3,(H2,17,18,19). The third-order valence-electron chi connectivity index (χ3n) is 4.03. The summed E-state index contributed by atoms with van der Waals surface area (Å²) in [6.07, 6.45) is 2.45. The lowest BCUT2D eigenvalue weighted by molar-refractivity contribution is -0.0236. The Balaban J connectivity index is 1.77. The minimum Gasteiger partial charge on any atom is -0.444 e. The molecule has 0 aromatic heterocycles. The predicted molar refractivity (Wildman–Crippen MR) is 89.5 cm³/mol. The molecule has 0 aromatic rings. The molecule has 1 amide bonds. The number of nitrogens with zero attached hydrogens (tertiary/aromatic N) is 2. The monoisotopic (exact) mass is 326 g/mol. The van der Waals surface area contributed by atoms with Crippen molar-refractivity contribution in [2.75, 3.05) is 26.2 Å². The van der Waals surface area contributed by atoms with E-state index in [1.54, 1.807) is 4.90 Å². The van der Waals surface area contributed by atoms with Gasteiger partial charge in [-0.25, -0.2) is 4.79 Å². The Bertz CT molecular complexity index is 449. The van der Waals surface area contributed by atoms with Crippen LogP contribution < -0.4 is 10.6 Å². The summed E-state index contributed by atoms with van der Waals surface area (Å²) >= 11 is 0. The van der Waals surface area contributed by atoms with Crippen LogP contribution in [-0.4, -0.2) is 65.5 Å². The van der Waals surface area contributed by atoms with Crippen molar-refractivity contribution in [3.8, 4) is 0 Å². The first-order valence-corrected chi connectivity index (χ1v) is 8.46. The Morgan fingerprint density at radius 3 is 2.52 bits per heavy atom. The highest BCUT2D eigenvalue weighted by Crippen LogP contribution is 2.31. The quantitative estimate of drug-likeness (QED) is 0.531. The van der Waals surface area contributed by atoms with Gasteiger partial charge in [0.15, 0.2) is 5.96 Å². The Labute approximate surface area is 138 Å². The molecule has 0 spiro atoms. The zero-order chi connectivity index (χ0) is 17.1. The number of carbonyl (C=O) groups excluding carboxylic acids is 1. The number of aliphatic imine (C=N–C) groups is 1. The Morgan fingerprint density at radius 1 is 1.39 bits per heavy atom. The molecule has 0 radical (unpaired) electrons. The fourth-order valence-corrected chi connectivity index (χ4v) is 2.53. The van der Waals surface area contributed by atoms with Crippen LogP contribution in [0.4, 0.5) is 4.79 Å². The largest absolute Gasteiger partial charge is 0.444 e. The van der Waals surface area contributed by atoms with Crippen LogP contribution in [0.3, 0.4) is 0 Å². The summed E-state index contributed by atoms with van der Waals surface area (Å²) in [7, 11) is 0. The maximum Gasteiger partial charge on any atom is 0.410 e. The van der Waals surface area contributed by atoms with E-state index in [-0.39, 0.29) is 12.1 Å². The van der Waals surface area contributed by atoms with Gasteiger partial charge in [-0.2, -0.15) is 0 Å². The molecule has 1 saturated heterocycles. The molecule has 2 fully saturated rings. The molecule has 3 N–H and O–H groups in total. The summed E-state index contributed by atoms with van der Waals surface area (Å²) in [4.78, 5) is 18.0. The van der Waals surface area contributed by atoms with E-state index >= 15 is 0 Å². The summed E-state index contributed by atoms with van der Waals surface area (Å²) < 4.78 is 5.34. The van der Waals surface area contributed by atoms with Crippen molar-refractivity contribution >= 4 is 12.1 Å². The van der Waals surface area contributed by atoms with Gasteiger partial charge in [0, 0.05) is 19.6 Å². The second-order valence-corrected chi connectivity index (χ2v) is 7.50. The number of likely N-dealkylation sites (tertiary alicyclic amines) is 1. The number of aliphatic hydroxyl groups is 1. The summed E-state index contributed by atoms with van der Waals surface area (Å²) in [5.41, 5.74) is -1.09. The van der Waals surface area contributed by atoms with Gasteiger partial charge in [-0.15, -0.1) is 0 Å². The van der Waals surface area contributed by atoms with Crippen molar-refractivity contribution in [2.45, 2.75) is 64.2 Å². The number of nitrogens with one attached hydrogen (secondary N) is 2. The van der Waals surface area contributed by atoms with Crippen LogP contribution in [-0.2, 0) is 4.74 Å². The molecule has 0 bridgehead atoms. The molecule has 1 saturated carbocycles. The second-order valence-electron chi connectivity index (χ2n) is 7.50. The van der Waals surface area contributed by atoms with Gasteiger partial charge in [0.25, 0.3) is 0 Å². The van der Waals surface area contributed by atoms with Crippen LogP contribution in [0.1, 0.15) is 47.0 Å². The molecule has 0 unspecified atom stereocenters. The van der Waals surface area contributed by atoms with Crippen molar-refractivity contribution in [1.29, 1.82) is 0 Å². The third-order valence-corrected chi connectivity index (χ3v) is 4.03. The van der Waals surface area contributed by atoms with E-state index in [4.69, 9.17) is 4.74 Å². The third kappa shape index (κ3) is 5.27. The van der Waals surface area contributed by atoms with Crippen LogP contribution in [0.2, 0.25) is 0 Å². The van der Waals surface area contributed by atoms with Crippen molar-refractivity contribution in [3.63, 3.8) is 0 Å². The molecule has 1 aliphatic carbocycles. The summed E-state index contributed by atoms with van der Waals surface area (Å²) in [6, 6.07) is 0.163. The number of hydrogen-bond acceptors (Lipinski definition) is 4. The highest BCUT2D eigenvalue weighted by atomic mass is 16.6. The Kier molecular flexibility index (Phi) is 5.39. The SMILES string of the molecule is CCNC(=NCC1(O)CCC1)NC1CN(C(=O)OC(C)(C)C)C1. The predicted octanol–water partition coefficient (Wildman–Crippen LogP) is 1.08. The molecule has 1 heterocycles. The first-order valence-electron chi connectivity index (χ1n) is 8.46. The number of carbonyl (C=O) groups is 1. The van der Waals surface area contributed by atoms with Crippen molar-refractivity contribution in [2.24, 2.45) is 4.99 Å². The molecule has 2 rings (SSSR count). The number of guanidine groups is 1. The average molecular weight is 326 g/mol. The average Bonchev–Trinajstić information content (AvgIpc) is 2.34. The van der Waals surface area contributed by atoms with Crippen LogP contribution in [0.5, 0.6) is 0 Å². The van der Waals surface area contributed by atoms with E-state index in [1.807, 2.05) is 27.7 Å². The Hall–Kier alpha value is -1.50. The van der Waals surface area contributed by atoms with Gasteiger partial charge in [-0.1, -0.05) is 0 Å². The summed E-state index contributed by atoms with van der Waals surface area (Å²) in [6.45, 7) is 9.97. The lowest BCUT2D eigenvalue weighted by Gasteiger charge is -2.40. The van der Waals surface area contributed by atoms with Crippen molar-refractivity contribution < 1.29 is 14.6 Å². The van der Waals surface area contributed by atoms with E-state index in [0.717, 1.165) is 25.8 Å². The maximum absolute atomic E-state index is 11.9. The number of hydrogen-bond donors (Lipinski definition) is 3. The molecule has 0 atom stereocenters. The van der Waals surface area contributed by atoms with Gasteiger partial charge < -0.3 is 25.4 Å². The zero-order valence-electron chi connectivity index (χ0n) is 14.7. The molecule has 2 aliphatic rings. The van der Waals surface area contributed by atoms with Gasteiger partial charge in [-0.05, 0) is 47.0 Å². The molecule has 132 valence electrons. The molecule has 7 heteroatoms. The van der Waals surface area contributed by atoms with Gasteiger partial charge in [-0.3, -0.25) is 4.99 Å². The van der Waals surface area contributed by atoms with Crippen LogP contribution in [0.25, 0.3) is 0 Å². The molecular weight excluding hydrogens is 296 g/mol. The maximum atomic E-state index is 11.9. The molecule has 1 aliphatic heterocycles. The zero-order valence-corrected chi connectivity index (χ0v) is 14.7. The fraction of sp³-hybridized carbons (Fsp3) is 0.875. The van der Waals surface area contributed by atoms with Crippen molar-refractivity contribution in [1.82, 2.24) is 15.5 Å². The van der Waals surface area contributed by atoms with Gasteiger partial charge in [0.05, 0.1) is 18.2 Å². The van der Waals surface area contributed by atoms with E-state index in [2.05, 4.69) is 15.6 Å². The minimum atomic E-state index is -0.621. The second kappa shape index (κ2) is 6.95. The van der Waals surface area contributed by atoms with E-state index in [0.29, 0.717) is 25.6 Å². The first kappa shape index (κ1) is 17.8. The number of ether oxygens (including phenoxy) is 1. The molecular formula is C16H30N4O3. The topological polar surface area (TPSA) is 86.2 Å². The van der Waals surface area contributed by atoms with Gasteiger partial charge in [0.2, 0.25) is 0 Å². The summed E-state index contributed by atoms with van der Waals surface area (Å²) in [5, 5.41) is 16.6. The van der Waals surface area contributed by atoms with Gasteiger partial charge >= 0.3 is 6.09 Å². The van der Waals surface area contributed by atoms with E-state index < -0.39 is 11.2 Å². The normalized spacial score (nSPS) is 21.3. The van der Waals surface area contributed by atoms with Crippen LogP contribution in [0.15, 0.2) is 4.99 Å². The summed E-state index contributed by atoms with van der Waals surface area (Å²) in [5.74, 6) is 0.696. The molecule has 23 heavy (non-hydrogen) atoms. The molecule has 0 aromatic carbocycles. The lowest BCUT2D eigenvalue weighted by atomic mass is 9.80. The smallest absolute Gasteiger partial charge is 0.410 e. The molecule has 7 nitrogen and oxygen atoms in total. The highest BCUT2D eigenvalue weighted by molar-refractivity contribution is 5.80. The number of amides is 1.